The number of carbonyl (C=O) groups is 1. The minimum Gasteiger partial charge on any atom is -0.496 e. The van der Waals surface area contributed by atoms with Gasteiger partial charge in [0.15, 0.2) is 5.78 Å². The van der Waals surface area contributed by atoms with E-state index in [0.717, 1.165) is 0 Å². The Morgan fingerprint density at radius 2 is 2.06 bits per heavy atom. The first kappa shape index (κ1) is 11.1. The molecule has 2 aliphatic rings. The van der Waals surface area contributed by atoms with Crippen LogP contribution in [0.5, 0.6) is 5.75 Å². The minimum atomic E-state index is 0.221. The van der Waals surface area contributed by atoms with Gasteiger partial charge in [-0.2, -0.15) is 0 Å². The molecular formula is C14H15ClO2. The van der Waals surface area contributed by atoms with Crippen molar-refractivity contribution in [2.24, 2.45) is 17.8 Å². The average Bonchev–Trinajstić information content (AvgIpc) is 2.81. The molecule has 0 saturated heterocycles. The van der Waals surface area contributed by atoms with Gasteiger partial charge in [-0.1, -0.05) is 18.0 Å². The lowest BCUT2D eigenvalue weighted by Crippen LogP contribution is -2.08. The van der Waals surface area contributed by atoms with Gasteiger partial charge in [-0.05, 0) is 42.9 Å². The highest BCUT2D eigenvalue weighted by atomic mass is 35.5. The first-order valence-corrected chi connectivity index (χ1v) is 6.48. The van der Waals surface area contributed by atoms with E-state index in [4.69, 9.17) is 16.3 Å². The van der Waals surface area contributed by atoms with E-state index in [1.54, 1.807) is 25.3 Å². The maximum Gasteiger partial charge on any atom is 0.170 e. The van der Waals surface area contributed by atoms with E-state index in [9.17, 15) is 4.79 Å². The zero-order valence-electron chi connectivity index (χ0n) is 9.78. The van der Waals surface area contributed by atoms with Gasteiger partial charge in [-0.15, -0.1) is 0 Å². The Bertz CT molecular complexity index is 459. The summed E-state index contributed by atoms with van der Waals surface area (Å²) in [7, 11) is 1.59. The summed E-state index contributed by atoms with van der Waals surface area (Å²) in [6.45, 7) is 0. The van der Waals surface area contributed by atoms with Crippen LogP contribution < -0.4 is 4.74 Å². The molecule has 1 aromatic carbocycles. The Labute approximate surface area is 106 Å². The van der Waals surface area contributed by atoms with Crippen molar-refractivity contribution >= 4 is 17.4 Å². The summed E-state index contributed by atoms with van der Waals surface area (Å²) in [6, 6.07) is 5.26. The second-order valence-electron chi connectivity index (χ2n) is 4.99. The zero-order valence-corrected chi connectivity index (χ0v) is 10.5. The fraction of sp³-hybridized carbons (Fsp3) is 0.500. The maximum absolute atomic E-state index is 12.4. The van der Waals surface area contributed by atoms with Crippen molar-refractivity contribution < 1.29 is 9.53 Å². The maximum atomic E-state index is 12.4. The van der Waals surface area contributed by atoms with Crippen molar-refractivity contribution in [3.63, 3.8) is 0 Å². The summed E-state index contributed by atoms with van der Waals surface area (Å²) in [5.41, 5.74) is 0.652. The smallest absolute Gasteiger partial charge is 0.170 e. The molecule has 2 atom stereocenters. The van der Waals surface area contributed by atoms with Crippen LogP contribution in [0.15, 0.2) is 18.2 Å². The topological polar surface area (TPSA) is 26.3 Å². The van der Waals surface area contributed by atoms with Crippen LogP contribution in [-0.4, -0.2) is 12.9 Å². The summed E-state index contributed by atoms with van der Waals surface area (Å²) in [5, 5.41) is 0.597. The Morgan fingerprint density at radius 3 is 2.71 bits per heavy atom. The average molecular weight is 251 g/mol. The van der Waals surface area contributed by atoms with Crippen LogP contribution >= 0.6 is 11.6 Å². The second-order valence-corrected chi connectivity index (χ2v) is 5.43. The van der Waals surface area contributed by atoms with Crippen molar-refractivity contribution in [1.82, 2.24) is 0 Å². The summed E-state index contributed by atoms with van der Waals surface area (Å²) in [4.78, 5) is 12.4. The molecule has 0 amide bonds. The highest BCUT2D eigenvalue weighted by Gasteiger charge is 2.56. The number of ether oxygens (including phenoxy) is 1. The lowest BCUT2D eigenvalue weighted by molar-refractivity contribution is 0.0948. The van der Waals surface area contributed by atoms with Crippen LogP contribution in [0.2, 0.25) is 5.02 Å². The van der Waals surface area contributed by atoms with Crippen LogP contribution in [-0.2, 0) is 0 Å². The molecule has 0 N–H and O–H groups in total. The van der Waals surface area contributed by atoms with E-state index in [1.807, 2.05) is 0 Å². The van der Waals surface area contributed by atoms with Crippen molar-refractivity contribution in [3.05, 3.63) is 28.8 Å². The number of hydrogen-bond donors (Lipinski definition) is 0. The summed E-state index contributed by atoms with van der Waals surface area (Å²) in [5.74, 6) is 2.36. The van der Waals surface area contributed by atoms with Crippen LogP contribution in [0, 0.1) is 17.8 Å². The first-order valence-electron chi connectivity index (χ1n) is 6.10. The van der Waals surface area contributed by atoms with Crippen molar-refractivity contribution in [1.29, 1.82) is 0 Å². The molecule has 2 aliphatic carbocycles. The van der Waals surface area contributed by atoms with Gasteiger partial charge < -0.3 is 4.74 Å². The molecule has 3 heteroatoms. The van der Waals surface area contributed by atoms with Gasteiger partial charge in [0.1, 0.15) is 5.75 Å². The van der Waals surface area contributed by atoms with Crippen molar-refractivity contribution in [2.45, 2.75) is 19.3 Å². The number of benzene rings is 1. The molecule has 0 spiro atoms. The number of fused-ring (bicyclic) bond motifs is 1. The van der Waals surface area contributed by atoms with Gasteiger partial charge in [-0.25, -0.2) is 0 Å². The molecule has 0 bridgehead atoms. The number of hydrogen-bond acceptors (Lipinski definition) is 2. The number of Topliss-reactive ketones (excluding diaryl/α,β-unsaturated/α-hetero) is 1. The molecule has 0 heterocycles. The minimum absolute atomic E-state index is 0.221. The number of ketones is 1. The first-order chi connectivity index (χ1) is 8.22. The van der Waals surface area contributed by atoms with E-state index < -0.39 is 0 Å². The van der Waals surface area contributed by atoms with Gasteiger partial charge in [-0.3, -0.25) is 4.79 Å². The molecule has 90 valence electrons. The van der Waals surface area contributed by atoms with Gasteiger partial charge in [0, 0.05) is 10.9 Å². The van der Waals surface area contributed by atoms with Gasteiger partial charge in [0.25, 0.3) is 0 Å². The summed E-state index contributed by atoms with van der Waals surface area (Å²) in [6.07, 6.45) is 3.71. The van der Waals surface area contributed by atoms with Gasteiger partial charge >= 0.3 is 0 Å². The standard InChI is InChI=1S/C14H15ClO2/c1-17-12-6-5-8(15)7-11(12)14(16)13-9-3-2-4-10(9)13/h5-7,9-10,13H,2-4H2,1H3. The monoisotopic (exact) mass is 250 g/mol. The summed E-state index contributed by atoms with van der Waals surface area (Å²) < 4.78 is 5.24. The number of carbonyl (C=O) groups excluding carboxylic acids is 1. The van der Waals surface area contributed by atoms with E-state index in [-0.39, 0.29) is 11.7 Å². The van der Waals surface area contributed by atoms with Crippen LogP contribution in [0.1, 0.15) is 29.6 Å². The molecular weight excluding hydrogens is 236 g/mol. The normalized spacial score (nSPS) is 29.9. The third-order valence-corrected chi connectivity index (χ3v) is 4.37. The third kappa shape index (κ3) is 1.75. The fourth-order valence-electron chi connectivity index (χ4n) is 3.26. The van der Waals surface area contributed by atoms with Gasteiger partial charge in [0.05, 0.1) is 12.7 Å². The molecule has 2 nitrogen and oxygen atoms in total. The van der Waals surface area contributed by atoms with Crippen LogP contribution in [0.25, 0.3) is 0 Å². The van der Waals surface area contributed by atoms with E-state index in [1.165, 1.54) is 19.3 Å². The Hall–Kier alpha value is -1.02. The predicted octanol–water partition coefficient (Wildman–Crippen LogP) is 3.58. The fourth-order valence-corrected chi connectivity index (χ4v) is 3.43. The van der Waals surface area contributed by atoms with E-state index in [2.05, 4.69) is 0 Å². The molecule has 0 radical (unpaired) electrons. The third-order valence-electron chi connectivity index (χ3n) is 4.14. The van der Waals surface area contributed by atoms with Crippen LogP contribution in [0.3, 0.4) is 0 Å². The molecule has 0 aliphatic heterocycles. The number of rotatable bonds is 3. The van der Waals surface area contributed by atoms with E-state index >= 15 is 0 Å². The number of halogens is 1. The number of methoxy groups -OCH3 is 1. The van der Waals surface area contributed by atoms with Crippen molar-refractivity contribution in [2.75, 3.05) is 7.11 Å². The molecule has 0 aromatic heterocycles. The summed E-state index contributed by atoms with van der Waals surface area (Å²) >= 11 is 5.96. The molecule has 1 aromatic rings. The Kier molecular flexibility index (Phi) is 2.62. The molecule has 2 unspecified atom stereocenters. The lowest BCUT2D eigenvalue weighted by atomic mass is 10.0. The quantitative estimate of drug-likeness (QED) is 0.767. The Morgan fingerprint density at radius 1 is 1.35 bits per heavy atom. The zero-order chi connectivity index (χ0) is 12.0. The second kappa shape index (κ2) is 4.02. The van der Waals surface area contributed by atoms with Crippen molar-refractivity contribution in [3.8, 4) is 5.75 Å². The molecule has 17 heavy (non-hydrogen) atoms. The van der Waals surface area contributed by atoms with E-state index in [0.29, 0.717) is 28.2 Å². The predicted molar refractivity (Wildman–Crippen MR) is 66.7 cm³/mol. The molecule has 3 rings (SSSR count). The van der Waals surface area contributed by atoms with Gasteiger partial charge in [0.2, 0.25) is 0 Å². The highest BCUT2D eigenvalue weighted by molar-refractivity contribution is 6.31. The molecule has 2 saturated carbocycles. The highest BCUT2D eigenvalue weighted by Crippen LogP contribution is 2.58. The van der Waals surface area contributed by atoms with Crippen LogP contribution in [0.4, 0.5) is 0 Å². The largest absolute Gasteiger partial charge is 0.496 e. The Balaban J connectivity index is 1.88. The SMILES string of the molecule is COc1ccc(Cl)cc1C(=O)C1C2CCCC21. The molecule has 2 fully saturated rings. The lowest BCUT2D eigenvalue weighted by Gasteiger charge is -2.09.